The second-order valence-electron chi connectivity index (χ2n) is 6.70. The van der Waals surface area contributed by atoms with Crippen LogP contribution >= 0.6 is 11.8 Å². The van der Waals surface area contributed by atoms with Crippen LogP contribution in [0.25, 0.3) is 0 Å². The van der Waals surface area contributed by atoms with Crippen molar-refractivity contribution >= 4 is 17.7 Å². The van der Waals surface area contributed by atoms with Gasteiger partial charge in [-0.25, -0.2) is 0 Å². The summed E-state index contributed by atoms with van der Waals surface area (Å²) in [5.41, 5.74) is -1.11. The van der Waals surface area contributed by atoms with Gasteiger partial charge in [-0.05, 0) is 37.4 Å². The van der Waals surface area contributed by atoms with Crippen molar-refractivity contribution in [2.45, 2.75) is 50.2 Å². The van der Waals surface area contributed by atoms with Gasteiger partial charge < -0.3 is 15.3 Å². The number of carbonyl (C=O) groups is 1. The van der Waals surface area contributed by atoms with E-state index in [0.717, 1.165) is 31.2 Å². The number of likely N-dealkylation sites (tertiary alicyclic amines) is 1. The summed E-state index contributed by atoms with van der Waals surface area (Å²) < 4.78 is 0. The highest BCUT2D eigenvalue weighted by Crippen LogP contribution is 2.29. The summed E-state index contributed by atoms with van der Waals surface area (Å²) >= 11 is 1.67. The molecule has 4 nitrogen and oxygen atoms in total. The van der Waals surface area contributed by atoms with Gasteiger partial charge in [0.1, 0.15) is 0 Å². The quantitative estimate of drug-likeness (QED) is 0.820. The van der Waals surface area contributed by atoms with Crippen LogP contribution in [0.4, 0.5) is 0 Å². The van der Waals surface area contributed by atoms with E-state index >= 15 is 0 Å². The Bertz CT molecular complexity index is 352. The minimum Gasteiger partial charge on any atom is -0.379 e. The predicted octanol–water partition coefficient (Wildman–Crippen LogP) is 1.24. The first-order valence-corrected chi connectivity index (χ1v) is 9.15. The van der Waals surface area contributed by atoms with E-state index in [4.69, 9.17) is 0 Å². The smallest absolute Gasteiger partial charge is 0.253 e. The Balaban J connectivity index is 1.44. The Labute approximate surface area is 125 Å². The first kappa shape index (κ1) is 14.7. The van der Waals surface area contributed by atoms with Crippen LogP contribution in [0.2, 0.25) is 0 Å². The molecule has 0 aromatic carbocycles. The Hall–Kier alpha value is -0.260. The molecule has 2 N–H and O–H groups in total. The second kappa shape index (κ2) is 6.24. The van der Waals surface area contributed by atoms with Crippen molar-refractivity contribution in [2.75, 3.05) is 31.1 Å². The molecule has 2 atom stereocenters. The first-order valence-electron chi connectivity index (χ1n) is 7.99. The lowest BCUT2D eigenvalue weighted by molar-refractivity contribution is -0.137. The van der Waals surface area contributed by atoms with E-state index in [0.29, 0.717) is 12.2 Å². The minimum atomic E-state index is -1.11. The van der Waals surface area contributed by atoms with Crippen LogP contribution in [-0.4, -0.2) is 58.7 Å². The van der Waals surface area contributed by atoms with Crippen molar-refractivity contribution in [1.82, 2.24) is 10.2 Å². The normalized spacial score (nSPS) is 35.8. The standard InChI is InChI=1S/C15H26N2O2S/c18-14(15(19)6-8-20-11-15)16-13-5-7-17(10-13)9-12-3-1-2-4-12/h12-13,19H,1-11H2,(H,16,18). The summed E-state index contributed by atoms with van der Waals surface area (Å²) in [6.45, 7) is 3.26. The highest BCUT2D eigenvalue weighted by molar-refractivity contribution is 7.99. The van der Waals surface area contributed by atoms with Gasteiger partial charge in [-0.15, -0.1) is 0 Å². The molecule has 2 unspecified atom stereocenters. The van der Waals surface area contributed by atoms with Gasteiger partial charge in [-0.1, -0.05) is 12.8 Å². The Morgan fingerprint density at radius 3 is 2.85 bits per heavy atom. The van der Waals surface area contributed by atoms with Crippen LogP contribution in [0.15, 0.2) is 0 Å². The summed E-state index contributed by atoms with van der Waals surface area (Å²) in [5, 5.41) is 13.3. The fourth-order valence-electron chi connectivity index (χ4n) is 3.73. The van der Waals surface area contributed by atoms with Gasteiger partial charge in [0, 0.05) is 31.4 Å². The minimum absolute atomic E-state index is 0.143. The number of hydrogen-bond acceptors (Lipinski definition) is 4. The van der Waals surface area contributed by atoms with E-state index in [1.165, 1.54) is 32.2 Å². The van der Waals surface area contributed by atoms with Gasteiger partial charge in [-0.3, -0.25) is 4.79 Å². The molecule has 1 amide bonds. The number of rotatable bonds is 4. The average molecular weight is 298 g/mol. The molecule has 3 rings (SSSR count). The van der Waals surface area contributed by atoms with Crippen LogP contribution in [0.1, 0.15) is 38.5 Å². The number of amides is 1. The van der Waals surface area contributed by atoms with Gasteiger partial charge >= 0.3 is 0 Å². The molecule has 2 heterocycles. The topological polar surface area (TPSA) is 52.6 Å². The van der Waals surface area contributed by atoms with Gasteiger partial charge in [0.2, 0.25) is 0 Å². The van der Waals surface area contributed by atoms with Crippen molar-refractivity contribution in [3.05, 3.63) is 0 Å². The maximum atomic E-state index is 12.2. The van der Waals surface area contributed by atoms with Gasteiger partial charge in [0.05, 0.1) is 0 Å². The number of nitrogens with one attached hydrogen (secondary N) is 1. The highest BCUT2D eigenvalue weighted by atomic mass is 32.2. The lowest BCUT2D eigenvalue weighted by Gasteiger charge is -2.24. The molecule has 0 bridgehead atoms. The van der Waals surface area contributed by atoms with Gasteiger partial charge in [0.15, 0.2) is 5.60 Å². The van der Waals surface area contributed by atoms with Crippen LogP contribution in [0.3, 0.4) is 0 Å². The lowest BCUT2D eigenvalue weighted by Crippen LogP contribution is -2.51. The average Bonchev–Trinajstić information content (AvgIpc) is 3.13. The number of thioether (sulfide) groups is 1. The van der Waals surface area contributed by atoms with Crippen molar-refractivity contribution in [3.8, 4) is 0 Å². The fraction of sp³-hybridized carbons (Fsp3) is 0.933. The zero-order valence-electron chi connectivity index (χ0n) is 12.1. The molecule has 0 aromatic rings. The molecule has 20 heavy (non-hydrogen) atoms. The third-order valence-electron chi connectivity index (χ3n) is 5.02. The highest BCUT2D eigenvalue weighted by Gasteiger charge is 2.41. The molecule has 5 heteroatoms. The van der Waals surface area contributed by atoms with Crippen LogP contribution in [0, 0.1) is 5.92 Å². The molecule has 3 aliphatic rings. The zero-order valence-corrected chi connectivity index (χ0v) is 13.0. The van der Waals surface area contributed by atoms with E-state index in [-0.39, 0.29) is 11.9 Å². The Morgan fingerprint density at radius 2 is 2.15 bits per heavy atom. The molecule has 0 spiro atoms. The summed E-state index contributed by atoms with van der Waals surface area (Å²) in [5.74, 6) is 2.18. The van der Waals surface area contributed by atoms with E-state index in [1.54, 1.807) is 11.8 Å². The van der Waals surface area contributed by atoms with Crippen molar-refractivity contribution in [3.63, 3.8) is 0 Å². The molecule has 0 radical (unpaired) electrons. The molecule has 3 fully saturated rings. The monoisotopic (exact) mass is 298 g/mol. The Kier molecular flexibility index (Phi) is 4.58. The van der Waals surface area contributed by atoms with Crippen molar-refractivity contribution < 1.29 is 9.90 Å². The van der Waals surface area contributed by atoms with Crippen LogP contribution in [0.5, 0.6) is 0 Å². The Morgan fingerprint density at radius 1 is 1.35 bits per heavy atom. The molecule has 0 aromatic heterocycles. The molecule has 1 saturated carbocycles. The summed E-state index contributed by atoms with van der Waals surface area (Å²) in [6, 6.07) is 0.235. The number of nitrogens with zero attached hydrogens (tertiary/aromatic N) is 1. The molecular weight excluding hydrogens is 272 g/mol. The van der Waals surface area contributed by atoms with Crippen LogP contribution in [-0.2, 0) is 4.79 Å². The summed E-state index contributed by atoms with van der Waals surface area (Å²) in [6.07, 6.45) is 7.17. The lowest BCUT2D eigenvalue weighted by atomic mass is 10.0. The summed E-state index contributed by atoms with van der Waals surface area (Å²) in [7, 11) is 0. The third kappa shape index (κ3) is 3.31. The number of aliphatic hydroxyl groups is 1. The van der Waals surface area contributed by atoms with E-state index in [1.807, 2.05) is 0 Å². The SMILES string of the molecule is O=C(NC1CCN(CC2CCCC2)C1)C1(O)CCSC1. The fourth-order valence-corrected chi connectivity index (χ4v) is 4.97. The van der Waals surface area contributed by atoms with E-state index in [2.05, 4.69) is 10.2 Å². The predicted molar refractivity (Wildman–Crippen MR) is 81.8 cm³/mol. The maximum Gasteiger partial charge on any atom is 0.253 e. The van der Waals surface area contributed by atoms with Gasteiger partial charge in [-0.2, -0.15) is 11.8 Å². The molecule has 1 aliphatic carbocycles. The largest absolute Gasteiger partial charge is 0.379 e. The van der Waals surface area contributed by atoms with Gasteiger partial charge in [0.25, 0.3) is 5.91 Å². The molecule has 2 saturated heterocycles. The number of carbonyl (C=O) groups excluding carboxylic acids is 1. The summed E-state index contributed by atoms with van der Waals surface area (Å²) in [4.78, 5) is 14.7. The van der Waals surface area contributed by atoms with Crippen molar-refractivity contribution in [1.29, 1.82) is 0 Å². The molecular formula is C15H26N2O2S. The molecule has 2 aliphatic heterocycles. The van der Waals surface area contributed by atoms with Crippen LogP contribution < -0.4 is 5.32 Å². The zero-order chi connectivity index (χ0) is 14.0. The maximum absolute atomic E-state index is 12.2. The van der Waals surface area contributed by atoms with E-state index in [9.17, 15) is 9.90 Å². The second-order valence-corrected chi connectivity index (χ2v) is 7.81. The van der Waals surface area contributed by atoms with E-state index < -0.39 is 5.60 Å². The van der Waals surface area contributed by atoms with Crippen molar-refractivity contribution in [2.24, 2.45) is 5.92 Å². The third-order valence-corrected chi connectivity index (χ3v) is 6.20. The first-order chi connectivity index (χ1) is 9.66. The number of hydrogen-bond donors (Lipinski definition) is 2. The molecule has 114 valence electrons.